The molecule has 6 heteroatoms. The molecule has 3 heterocycles. The standard InChI is InChI=1S/C22H27N3O2S/c1-22(2,3)16-5-6-18(27-4)15(13-16)14-24-9-7-19-23-17-8-12-28-20(17)21(26)25(19)11-10-24/h5-6,8,12-13H,7,9-11,14H2,1-4H3. The van der Waals surface area contributed by atoms with Crippen molar-refractivity contribution in [2.75, 3.05) is 20.2 Å². The fourth-order valence-electron chi connectivity index (χ4n) is 3.79. The lowest BCUT2D eigenvalue weighted by Crippen LogP contribution is -2.28. The number of hydrogen-bond donors (Lipinski definition) is 0. The average Bonchev–Trinajstić information content (AvgIpc) is 3.04. The van der Waals surface area contributed by atoms with Crippen LogP contribution in [0, 0.1) is 0 Å². The molecule has 1 aliphatic rings. The molecule has 0 saturated carbocycles. The second-order valence-corrected chi connectivity index (χ2v) is 9.34. The third kappa shape index (κ3) is 3.59. The van der Waals surface area contributed by atoms with E-state index in [1.54, 1.807) is 7.11 Å². The summed E-state index contributed by atoms with van der Waals surface area (Å²) in [5, 5.41) is 1.94. The van der Waals surface area contributed by atoms with E-state index in [1.807, 2.05) is 16.0 Å². The van der Waals surface area contributed by atoms with Gasteiger partial charge in [-0.15, -0.1) is 11.3 Å². The van der Waals surface area contributed by atoms with Crippen molar-refractivity contribution in [3.63, 3.8) is 0 Å². The van der Waals surface area contributed by atoms with Gasteiger partial charge in [-0.05, 0) is 28.5 Å². The Morgan fingerprint density at radius 2 is 2.00 bits per heavy atom. The number of methoxy groups -OCH3 is 1. The third-order valence-corrected chi connectivity index (χ3v) is 6.37. The van der Waals surface area contributed by atoms with Crippen LogP contribution in [0.4, 0.5) is 0 Å². The molecule has 5 nitrogen and oxygen atoms in total. The SMILES string of the molecule is COc1ccc(C(C)(C)C)cc1CN1CCc2nc3ccsc3c(=O)n2CC1. The number of hydrogen-bond acceptors (Lipinski definition) is 5. The lowest BCUT2D eigenvalue weighted by Gasteiger charge is -2.24. The van der Waals surface area contributed by atoms with Gasteiger partial charge < -0.3 is 4.74 Å². The predicted molar refractivity (Wildman–Crippen MR) is 115 cm³/mol. The van der Waals surface area contributed by atoms with E-state index in [2.05, 4.69) is 43.9 Å². The Bertz CT molecular complexity index is 1060. The van der Waals surface area contributed by atoms with Crippen molar-refractivity contribution in [3.8, 4) is 5.75 Å². The fraction of sp³-hybridized carbons (Fsp3) is 0.455. The maximum Gasteiger partial charge on any atom is 0.271 e. The maximum atomic E-state index is 12.8. The minimum Gasteiger partial charge on any atom is -0.496 e. The van der Waals surface area contributed by atoms with Crippen molar-refractivity contribution in [3.05, 3.63) is 57.0 Å². The van der Waals surface area contributed by atoms with E-state index in [9.17, 15) is 4.79 Å². The molecule has 0 aliphatic carbocycles. The number of aromatic nitrogens is 2. The molecular weight excluding hydrogens is 370 g/mol. The van der Waals surface area contributed by atoms with E-state index in [0.29, 0.717) is 6.54 Å². The molecule has 4 rings (SSSR count). The van der Waals surface area contributed by atoms with Gasteiger partial charge in [0.05, 0.1) is 12.6 Å². The molecule has 0 amide bonds. The maximum absolute atomic E-state index is 12.8. The zero-order valence-electron chi connectivity index (χ0n) is 17.0. The average molecular weight is 398 g/mol. The van der Waals surface area contributed by atoms with Gasteiger partial charge >= 0.3 is 0 Å². The number of ether oxygens (including phenoxy) is 1. The van der Waals surface area contributed by atoms with Gasteiger partial charge in [0.15, 0.2) is 0 Å². The third-order valence-electron chi connectivity index (χ3n) is 5.48. The summed E-state index contributed by atoms with van der Waals surface area (Å²) in [6.45, 7) is 9.88. The van der Waals surface area contributed by atoms with Crippen molar-refractivity contribution in [2.45, 2.75) is 45.7 Å². The topological polar surface area (TPSA) is 47.4 Å². The summed E-state index contributed by atoms with van der Waals surface area (Å²) < 4.78 is 8.24. The van der Waals surface area contributed by atoms with Crippen molar-refractivity contribution < 1.29 is 4.74 Å². The highest BCUT2D eigenvalue weighted by Gasteiger charge is 2.21. The summed E-state index contributed by atoms with van der Waals surface area (Å²) in [4.78, 5) is 19.9. The first kappa shape index (κ1) is 19.2. The number of nitrogens with zero attached hydrogens (tertiary/aromatic N) is 3. The molecule has 0 radical (unpaired) electrons. The van der Waals surface area contributed by atoms with Gasteiger partial charge in [-0.2, -0.15) is 0 Å². The Balaban J connectivity index is 1.59. The first-order chi connectivity index (χ1) is 13.4. The molecule has 0 fully saturated rings. The Kier molecular flexibility index (Phi) is 5.02. The summed E-state index contributed by atoms with van der Waals surface area (Å²) in [7, 11) is 1.73. The van der Waals surface area contributed by atoms with Crippen LogP contribution >= 0.6 is 11.3 Å². The number of rotatable bonds is 3. The van der Waals surface area contributed by atoms with E-state index >= 15 is 0 Å². The van der Waals surface area contributed by atoms with Crippen LogP contribution in [-0.4, -0.2) is 34.7 Å². The smallest absolute Gasteiger partial charge is 0.271 e. The summed E-state index contributed by atoms with van der Waals surface area (Å²) >= 11 is 1.48. The molecular formula is C22H27N3O2S. The molecule has 0 bridgehead atoms. The predicted octanol–water partition coefficient (Wildman–Crippen LogP) is 3.82. The van der Waals surface area contributed by atoms with Crippen molar-refractivity contribution in [2.24, 2.45) is 0 Å². The minimum absolute atomic E-state index is 0.0963. The summed E-state index contributed by atoms with van der Waals surface area (Å²) in [6.07, 6.45) is 0.780. The molecule has 0 unspecified atom stereocenters. The second kappa shape index (κ2) is 7.33. The lowest BCUT2D eigenvalue weighted by molar-refractivity contribution is 0.266. The zero-order chi connectivity index (χ0) is 19.9. The molecule has 1 aliphatic heterocycles. The van der Waals surface area contributed by atoms with Gasteiger partial charge in [0.1, 0.15) is 16.3 Å². The first-order valence-electron chi connectivity index (χ1n) is 9.73. The Labute approximate surface area is 169 Å². The Morgan fingerprint density at radius 1 is 1.18 bits per heavy atom. The van der Waals surface area contributed by atoms with Crippen molar-refractivity contribution >= 4 is 21.6 Å². The molecule has 0 spiro atoms. The highest BCUT2D eigenvalue weighted by atomic mass is 32.1. The first-order valence-corrected chi connectivity index (χ1v) is 10.6. The molecule has 1 aromatic carbocycles. The lowest BCUT2D eigenvalue weighted by atomic mass is 9.86. The van der Waals surface area contributed by atoms with Gasteiger partial charge in [-0.3, -0.25) is 14.3 Å². The van der Waals surface area contributed by atoms with Gasteiger partial charge in [-0.25, -0.2) is 4.98 Å². The highest BCUT2D eigenvalue weighted by Crippen LogP contribution is 2.29. The van der Waals surface area contributed by atoms with Gasteiger partial charge in [-0.1, -0.05) is 32.9 Å². The van der Waals surface area contributed by atoms with E-state index < -0.39 is 0 Å². The van der Waals surface area contributed by atoms with Crippen LogP contribution in [0.1, 0.15) is 37.7 Å². The van der Waals surface area contributed by atoms with Crippen LogP contribution in [0.15, 0.2) is 34.4 Å². The molecule has 2 aromatic heterocycles. The molecule has 3 aromatic rings. The molecule has 0 N–H and O–H groups in total. The molecule has 28 heavy (non-hydrogen) atoms. The summed E-state index contributed by atoms with van der Waals surface area (Å²) in [5.41, 5.74) is 3.53. The minimum atomic E-state index is 0.0963. The summed E-state index contributed by atoms with van der Waals surface area (Å²) in [5.74, 6) is 1.82. The second-order valence-electron chi connectivity index (χ2n) is 8.42. The largest absolute Gasteiger partial charge is 0.496 e. The van der Waals surface area contributed by atoms with Crippen LogP contribution in [-0.2, 0) is 24.9 Å². The molecule has 0 saturated heterocycles. The number of thiophene rings is 1. The van der Waals surface area contributed by atoms with Crippen LogP contribution in [0.5, 0.6) is 5.75 Å². The molecule has 148 valence electrons. The quantitative estimate of drug-likeness (QED) is 0.674. The van der Waals surface area contributed by atoms with E-state index in [-0.39, 0.29) is 11.0 Å². The monoisotopic (exact) mass is 397 g/mol. The Morgan fingerprint density at radius 3 is 2.75 bits per heavy atom. The van der Waals surface area contributed by atoms with Crippen molar-refractivity contribution in [1.29, 1.82) is 0 Å². The van der Waals surface area contributed by atoms with E-state index in [1.165, 1.54) is 22.5 Å². The van der Waals surface area contributed by atoms with E-state index in [4.69, 9.17) is 9.72 Å². The number of fused-ring (bicyclic) bond motifs is 2. The van der Waals surface area contributed by atoms with Crippen LogP contribution in [0.2, 0.25) is 0 Å². The van der Waals surface area contributed by atoms with Gasteiger partial charge in [0, 0.05) is 38.2 Å². The van der Waals surface area contributed by atoms with Crippen LogP contribution < -0.4 is 10.3 Å². The van der Waals surface area contributed by atoms with Crippen LogP contribution in [0.3, 0.4) is 0 Å². The number of benzene rings is 1. The Hall–Kier alpha value is -2.18. The van der Waals surface area contributed by atoms with Gasteiger partial charge in [0.2, 0.25) is 0 Å². The highest BCUT2D eigenvalue weighted by molar-refractivity contribution is 7.17. The summed E-state index contributed by atoms with van der Waals surface area (Å²) in [6, 6.07) is 8.42. The van der Waals surface area contributed by atoms with Crippen molar-refractivity contribution in [1.82, 2.24) is 14.5 Å². The molecule has 0 atom stereocenters. The normalized spacial score (nSPS) is 15.4. The van der Waals surface area contributed by atoms with E-state index in [0.717, 1.165) is 47.8 Å². The van der Waals surface area contributed by atoms with Gasteiger partial charge in [0.25, 0.3) is 5.56 Å². The fourth-order valence-corrected chi connectivity index (χ4v) is 4.57. The van der Waals surface area contributed by atoms with Crippen LogP contribution in [0.25, 0.3) is 10.2 Å². The zero-order valence-corrected chi connectivity index (χ0v) is 17.8.